The zero-order chi connectivity index (χ0) is 13.9. The number of hydrogen-bond acceptors (Lipinski definition) is 2. The highest BCUT2D eigenvalue weighted by Gasteiger charge is 2.03. The number of para-hydroxylation sites is 2. The number of H-pyrrole nitrogens is 1. The lowest BCUT2D eigenvalue weighted by Gasteiger charge is -2.09. The van der Waals surface area contributed by atoms with Crippen molar-refractivity contribution in [3.8, 4) is 0 Å². The van der Waals surface area contributed by atoms with Crippen LogP contribution in [0.5, 0.6) is 0 Å². The highest BCUT2D eigenvalue weighted by molar-refractivity contribution is 5.78. The Kier molecular flexibility index (Phi) is 3.25. The predicted molar refractivity (Wildman–Crippen MR) is 83.1 cm³/mol. The van der Waals surface area contributed by atoms with Crippen molar-refractivity contribution < 1.29 is 0 Å². The molecule has 0 aliphatic rings. The number of aryl methyl sites for hydroxylation is 1. The molecule has 0 fully saturated rings. The molecule has 0 saturated heterocycles. The normalized spacial score (nSPS) is 10.7. The maximum atomic E-state index is 12.0. The minimum absolute atomic E-state index is 0.0372. The monoisotopic (exact) mass is 264 g/mol. The van der Waals surface area contributed by atoms with E-state index in [1.54, 1.807) is 0 Å². The lowest BCUT2D eigenvalue weighted by atomic mass is 10.1. The number of benzene rings is 2. The number of aromatic nitrogens is 1. The average Bonchev–Trinajstić information content (AvgIpc) is 2.46. The Morgan fingerprint density at radius 1 is 1.05 bits per heavy atom. The first-order valence-electron chi connectivity index (χ1n) is 6.64. The van der Waals surface area contributed by atoms with E-state index >= 15 is 0 Å². The van der Waals surface area contributed by atoms with Gasteiger partial charge in [-0.15, -0.1) is 0 Å². The van der Waals surface area contributed by atoms with Gasteiger partial charge in [-0.2, -0.15) is 0 Å². The van der Waals surface area contributed by atoms with Crippen LogP contribution in [0.4, 0.5) is 5.69 Å². The molecule has 1 heterocycles. The fourth-order valence-electron chi connectivity index (χ4n) is 2.29. The molecule has 0 unspecified atom stereocenters. The minimum Gasteiger partial charge on any atom is -0.381 e. The maximum Gasteiger partial charge on any atom is 0.253 e. The molecule has 1 aromatic heterocycles. The summed E-state index contributed by atoms with van der Waals surface area (Å²) in [7, 11) is 0. The van der Waals surface area contributed by atoms with Crippen LogP contribution in [-0.2, 0) is 6.54 Å². The first-order valence-corrected chi connectivity index (χ1v) is 6.64. The maximum absolute atomic E-state index is 12.0. The average molecular weight is 264 g/mol. The first-order chi connectivity index (χ1) is 9.74. The molecular weight excluding hydrogens is 248 g/mol. The summed E-state index contributed by atoms with van der Waals surface area (Å²) >= 11 is 0. The molecule has 0 atom stereocenters. The van der Waals surface area contributed by atoms with Crippen LogP contribution in [0, 0.1) is 6.92 Å². The topological polar surface area (TPSA) is 44.9 Å². The van der Waals surface area contributed by atoms with Crippen molar-refractivity contribution in [2.45, 2.75) is 13.5 Å². The molecule has 2 aromatic carbocycles. The Hall–Kier alpha value is -2.55. The number of hydrogen-bond donors (Lipinski definition) is 2. The Morgan fingerprint density at radius 2 is 1.80 bits per heavy atom. The van der Waals surface area contributed by atoms with Crippen LogP contribution >= 0.6 is 0 Å². The summed E-state index contributed by atoms with van der Waals surface area (Å²) in [5, 5.41) is 4.36. The van der Waals surface area contributed by atoms with Crippen molar-refractivity contribution >= 4 is 16.6 Å². The van der Waals surface area contributed by atoms with Crippen molar-refractivity contribution in [1.29, 1.82) is 0 Å². The third kappa shape index (κ3) is 2.43. The molecule has 20 heavy (non-hydrogen) atoms. The molecule has 3 nitrogen and oxygen atoms in total. The molecule has 0 radical (unpaired) electrons. The van der Waals surface area contributed by atoms with Gasteiger partial charge in [0.2, 0.25) is 0 Å². The molecule has 3 aromatic rings. The van der Waals surface area contributed by atoms with Gasteiger partial charge in [0, 0.05) is 23.3 Å². The lowest BCUT2D eigenvalue weighted by molar-refractivity contribution is 1.09. The van der Waals surface area contributed by atoms with E-state index < -0.39 is 0 Å². The summed E-state index contributed by atoms with van der Waals surface area (Å²) < 4.78 is 0. The second-order valence-corrected chi connectivity index (χ2v) is 4.88. The largest absolute Gasteiger partial charge is 0.381 e. The van der Waals surface area contributed by atoms with E-state index in [2.05, 4.69) is 10.3 Å². The van der Waals surface area contributed by atoms with E-state index in [0.717, 1.165) is 22.2 Å². The van der Waals surface area contributed by atoms with Crippen molar-refractivity contribution in [1.82, 2.24) is 4.98 Å². The summed E-state index contributed by atoms with van der Waals surface area (Å²) in [5.74, 6) is 0. The SMILES string of the molecule is Cc1ccccc1NCc1cc2ccccc2[nH]c1=O. The van der Waals surface area contributed by atoms with Gasteiger partial charge in [-0.3, -0.25) is 4.79 Å². The Bertz CT molecular complexity index is 805. The van der Waals surface area contributed by atoms with Crippen LogP contribution in [-0.4, -0.2) is 4.98 Å². The Morgan fingerprint density at radius 3 is 2.65 bits per heavy atom. The van der Waals surface area contributed by atoms with E-state index in [4.69, 9.17) is 0 Å². The Balaban J connectivity index is 1.89. The van der Waals surface area contributed by atoms with E-state index in [0.29, 0.717) is 6.54 Å². The quantitative estimate of drug-likeness (QED) is 0.761. The number of pyridine rings is 1. The van der Waals surface area contributed by atoms with Gasteiger partial charge in [-0.05, 0) is 36.1 Å². The molecule has 0 aliphatic carbocycles. The van der Waals surface area contributed by atoms with Gasteiger partial charge in [-0.1, -0.05) is 36.4 Å². The van der Waals surface area contributed by atoms with Crippen LogP contribution in [0.3, 0.4) is 0 Å². The van der Waals surface area contributed by atoms with Gasteiger partial charge in [0.25, 0.3) is 5.56 Å². The molecule has 0 aliphatic heterocycles. The Labute approximate surface area is 117 Å². The van der Waals surface area contributed by atoms with Crippen LogP contribution in [0.25, 0.3) is 10.9 Å². The summed E-state index contributed by atoms with van der Waals surface area (Å²) in [5.41, 5.74) is 3.80. The third-order valence-electron chi connectivity index (χ3n) is 3.44. The number of anilines is 1. The summed E-state index contributed by atoms with van der Waals surface area (Å²) in [6, 6.07) is 17.8. The van der Waals surface area contributed by atoms with E-state index in [-0.39, 0.29) is 5.56 Å². The van der Waals surface area contributed by atoms with Gasteiger partial charge in [0.1, 0.15) is 0 Å². The van der Waals surface area contributed by atoms with Gasteiger partial charge in [-0.25, -0.2) is 0 Å². The predicted octanol–water partition coefficient (Wildman–Crippen LogP) is 3.45. The van der Waals surface area contributed by atoms with Crippen molar-refractivity contribution in [2.24, 2.45) is 0 Å². The van der Waals surface area contributed by atoms with Gasteiger partial charge in [0.15, 0.2) is 0 Å². The fourth-order valence-corrected chi connectivity index (χ4v) is 2.29. The second kappa shape index (κ2) is 5.21. The second-order valence-electron chi connectivity index (χ2n) is 4.88. The lowest BCUT2D eigenvalue weighted by Crippen LogP contribution is -2.15. The van der Waals surface area contributed by atoms with Gasteiger partial charge in [0.05, 0.1) is 0 Å². The zero-order valence-corrected chi connectivity index (χ0v) is 11.3. The van der Waals surface area contributed by atoms with Crippen molar-refractivity contribution in [3.63, 3.8) is 0 Å². The molecule has 2 N–H and O–H groups in total. The van der Waals surface area contributed by atoms with Gasteiger partial charge < -0.3 is 10.3 Å². The van der Waals surface area contributed by atoms with Crippen molar-refractivity contribution in [2.75, 3.05) is 5.32 Å². The number of fused-ring (bicyclic) bond motifs is 1. The molecule has 3 heteroatoms. The van der Waals surface area contributed by atoms with Crippen LogP contribution in [0.2, 0.25) is 0 Å². The fraction of sp³-hybridized carbons (Fsp3) is 0.118. The summed E-state index contributed by atoms with van der Waals surface area (Å²) in [4.78, 5) is 15.0. The summed E-state index contributed by atoms with van der Waals surface area (Å²) in [6.07, 6.45) is 0. The number of aromatic amines is 1. The van der Waals surface area contributed by atoms with E-state index in [1.165, 1.54) is 5.56 Å². The van der Waals surface area contributed by atoms with Gasteiger partial charge >= 0.3 is 0 Å². The highest BCUT2D eigenvalue weighted by atomic mass is 16.1. The smallest absolute Gasteiger partial charge is 0.253 e. The third-order valence-corrected chi connectivity index (χ3v) is 3.44. The molecule has 0 amide bonds. The first kappa shape index (κ1) is 12.5. The molecule has 3 rings (SSSR count). The molecular formula is C17H16N2O. The van der Waals surface area contributed by atoms with Crippen LogP contribution in [0.1, 0.15) is 11.1 Å². The molecule has 100 valence electrons. The minimum atomic E-state index is -0.0372. The van der Waals surface area contributed by atoms with Crippen molar-refractivity contribution in [3.05, 3.63) is 76.1 Å². The van der Waals surface area contributed by atoms with Crippen LogP contribution in [0.15, 0.2) is 59.4 Å². The van der Waals surface area contributed by atoms with E-state index in [9.17, 15) is 4.79 Å². The molecule has 0 bridgehead atoms. The number of nitrogens with one attached hydrogen (secondary N) is 2. The molecule has 0 spiro atoms. The zero-order valence-electron chi connectivity index (χ0n) is 11.3. The summed E-state index contributed by atoms with van der Waals surface area (Å²) in [6.45, 7) is 2.57. The van der Waals surface area contributed by atoms with E-state index in [1.807, 2.05) is 61.5 Å². The standard InChI is InChI=1S/C17H16N2O/c1-12-6-2-4-8-15(12)18-11-14-10-13-7-3-5-9-16(13)19-17(14)20/h2-10,18H,11H2,1H3,(H,19,20). The molecule has 0 saturated carbocycles. The van der Waals surface area contributed by atoms with Crippen LogP contribution < -0.4 is 10.9 Å². The number of rotatable bonds is 3. The highest BCUT2D eigenvalue weighted by Crippen LogP contribution is 2.15.